The molecule has 0 atom stereocenters. The van der Waals surface area contributed by atoms with E-state index in [1.54, 1.807) is 0 Å². The van der Waals surface area contributed by atoms with E-state index >= 15 is 0 Å². The van der Waals surface area contributed by atoms with Crippen molar-refractivity contribution in [3.8, 4) is 0 Å². The van der Waals surface area contributed by atoms with Gasteiger partial charge in [0.1, 0.15) is 0 Å². The molecule has 3 nitrogen and oxygen atoms in total. The van der Waals surface area contributed by atoms with Crippen molar-refractivity contribution in [2.24, 2.45) is 5.92 Å². The molecule has 0 aromatic heterocycles. The lowest BCUT2D eigenvalue weighted by molar-refractivity contribution is -0.152. The van der Waals surface area contributed by atoms with Crippen LogP contribution in [0.5, 0.6) is 0 Å². The monoisotopic (exact) mass is 388 g/mol. The van der Waals surface area contributed by atoms with Crippen LogP contribution in [0.3, 0.4) is 0 Å². The van der Waals surface area contributed by atoms with E-state index in [1.807, 2.05) is 0 Å². The maximum Gasteiger partial charge on any atom is 0.308 e. The molecular formula is C25H40O3. The predicted octanol–water partition coefficient (Wildman–Crippen LogP) is 6.31. The highest BCUT2D eigenvalue weighted by atomic mass is 16.5. The van der Waals surface area contributed by atoms with Crippen LogP contribution >= 0.6 is 0 Å². The number of hydrogen-bond donors (Lipinski definition) is 1. The first-order valence-electron chi connectivity index (χ1n) is 11.6. The Morgan fingerprint density at radius 3 is 2.21 bits per heavy atom. The topological polar surface area (TPSA) is 46.5 Å². The number of ether oxygens (including phenoxy) is 1. The van der Waals surface area contributed by atoms with Crippen molar-refractivity contribution in [3.05, 3.63) is 35.4 Å². The summed E-state index contributed by atoms with van der Waals surface area (Å²) in [5.74, 6) is -0.124. The molecule has 1 aromatic rings. The van der Waals surface area contributed by atoms with Crippen LogP contribution in [0.25, 0.3) is 0 Å². The minimum atomic E-state index is -0.793. The number of carbonyl (C=O) groups excluding carboxylic acids is 1. The fourth-order valence-corrected chi connectivity index (χ4v) is 4.18. The Bertz CT molecular complexity index is 556. The number of benzene rings is 1. The molecule has 1 fully saturated rings. The van der Waals surface area contributed by atoms with Crippen LogP contribution in [-0.4, -0.2) is 17.7 Å². The smallest absolute Gasteiger partial charge is 0.308 e. The molecular weight excluding hydrogens is 348 g/mol. The lowest BCUT2D eigenvalue weighted by atomic mass is 9.75. The molecule has 0 saturated heterocycles. The van der Waals surface area contributed by atoms with Crippen LogP contribution in [0, 0.1) is 5.92 Å². The maximum absolute atomic E-state index is 12.2. The van der Waals surface area contributed by atoms with E-state index in [-0.39, 0.29) is 11.9 Å². The van der Waals surface area contributed by atoms with Crippen molar-refractivity contribution in [3.63, 3.8) is 0 Å². The molecule has 3 heteroatoms. The van der Waals surface area contributed by atoms with Gasteiger partial charge in [-0.2, -0.15) is 0 Å². The number of carbonyl (C=O) groups is 1. The second-order valence-corrected chi connectivity index (χ2v) is 8.54. The zero-order valence-corrected chi connectivity index (χ0v) is 18.0. The number of rotatable bonds is 12. The van der Waals surface area contributed by atoms with E-state index in [0.29, 0.717) is 32.3 Å². The third-order valence-electron chi connectivity index (χ3n) is 6.20. The number of aryl methyl sites for hydroxylation is 1. The second kappa shape index (κ2) is 12.3. The van der Waals surface area contributed by atoms with Crippen LogP contribution in [0.4, 0.5) is 0 Å². The average molecular weight is 389 g/mol. The normalized spacial score (nSPS) is 22.2. The minimum Gasteiger partial charge on any atom is -0.465 e. The van der Waals surface area contributed by atoms with Crippen LogP contribution in [0.15, 0.2) is 24.3 Å². The molecule has 158 valence electrons. The Hall–Kier alpha value is -1.35. The number of unbranched alkanes of at least 4 members (excludes halogenated alkanes) is 6. The van der Waals surface area contributed by atoms with Gasteiger partial charge in [0.2, 0.25) is 0 Å². The fourth-order valence-electron chi connectivity index (χ4n) is 4.18. The molecule has 0 spiro atoms. The first-order valence-corrected chi connectivity index (χ1v) is 11.6. The molecule has 28 heavy (non-hydrogen) atoms. The Balaban J connectivity index is 1.77. The predicted molar refractivity (Wildman–Crippen MR) is 115 cm³/mol. The minimum absolute atomic E-state index is 0.0516. The molecule has 0 bridgehead atoms. The van der Waals surface area contributed by atoms with Crippen LogP contribution in [0.1, 0.15) is 102 Å². The van der Waals surface area contributed by atoms with Crippen LogP contribution in [-0.2, 0) is 21.6 Å². The summed E-state index contributed by atoms with van der Waals surface area (Å²) >= 11 is 0. The Kier molecular flexibility index (Phi) is 10.0. The number of hydrogen-bond acceptors (Lipinski definition) is 3. The molecule has 2 rings (SSSR count). The van der Waals surface area contributed by atoms with E-state index in [2.05, 4.69) is 38.1 Å². The zero-order chi connectivity index (χ0) is 20.2. The van der Waals surface area contributed by atoms with Gasteiger partial charge in [0.05, 0.1) is 18.1 Å². The van der Waals surface area contributed by atoms with Crippen molar-refractivity contribution in [1.29, 1.82) is 0 Å². The molecule has 0 unspecified atom stereocenters. The fraction of sp³-hybridized carbons (Fsp3) is 0.720. The molecule has 1 aliphatic rings. The van der Waals surface area contributed by atoms with E-state index in [0.717, 1.165) is 31.2 Å². The summed E-state index contributed by atoms with van der Waals surface area (Å²) in [5.41, 5.74) is 1.56. The molecule has 1 aromatic carbocycles. The van der Waals surface area contributed by atoms with Gasteiger partial charge in [-0.25, -0.2) is 0 Å². The first kappa shape index (κ1) is 22.9. The molecule has 0 amide bonds. The molecule has 0 heterocycles. The van der Waals surface area contributed by atoms with Crippen molar-refractivity contribution >= 4 is 5.97 Å². The third-order valence-corrected chi connectivity index (χ3v) is 6.20. The van der Waals surface area contributed by atoms with Gasteiger partial charge < -0.3 is 9.84 Å². The van der Waals surface area contributed by atoms with Gasteiger partial charge in [-0.15, -0.1) is 0 Å². The summed E-state index contributed by atoms with van der Waals surface area (Å²) in [6.45, 7) is 4.92. The van der Waals surface area contributed by atoms with Gasteiger partial charge in [0, 0.05) is 0 Å². The average Bonchev–Trinajstić information content (AvgIpc) is 2.72. The molecule has 1 aliphatic carbocycles. The van der Waals surface area contributed by atoms with E-state index < -0.39 is 5.60 Å². The summed E-state index contributed by atoms with van der Waals surface area (Å²) in [6, 6.07) is 8.51. The van der Waals surface area contributed by atoms with Crippen molar-refractivity contribution in [1.82, 2.24) is 0 Å². The van der Waals surface area contributed by atoms with Gasteiger partial charge >= 0.3 is 5.97 Å². The lowest BCUT2D eigenvalue weighted by Gasteiger charge is -2.35. The lowest BCUT2D eigenvalue weighted by Crippen LogP contribution is -2.34. The first-order chi connectivity index (χ1) is 13.6. The Labute approximate surface area is 171 Å². The van der Waals surface area contributed by atoms with Gasteiger partial charge in [-0.05, 0) is 56.1 Å². The summed E-state index contributed by atoms with van der Waals surface area (Å²) in [7, 11) is 0. The SMILES string of the molecule is CCCCCCCc1ccc(C2(O)CCC(C(=O)OCCCCC)CC2)cc1. The summed E-state index contributed by atoms with van der Waals surface area (Å²) in [4.78, 5) is 12.2. The van der Waals surface area contributed by atoms with Crippen LogP contribution < -0.4 is 0 Å². The molecule has 1 N–H and O–H groups in total. The largest absolute Gasteiger partial charge is 0.465 e. The summed E-state index contributed by atoms with van der Waals surface area (Å²) in [5, 5.41) is 11.1. The summed E-state index contributed by atoms with van der Waals surface area (Å²) < 4.78 is 5.41. The third kappa shape index (κ3) is 7.24. The van der Waals surface area contributed by atoms with Gasteiger partial charge in [0.25, 0.3) is 0 Å². The van der Waals surface area contributed by atoms with E-state index in [1.165, 1.54) is 37.7 Å². The highest BCUT2D eigenvalue weighted by Gasteiger charge is 2.37. The number of aliphatic hydroxyl groups is 1. The standard InChI is InChI=1S/C25H40O3/c1-3-5-7-8-9-11-21-12-14-23(15-13-21)25(27)18-16-22(17-19-25)24(26)28-20-10-6-4-2/h12-15,22,27H,3-11,16-20H2,1-2H3. The highest BCUT2D eigenvalue weighted by molar-refractivity contribution is 5.72. The Morgan fingerprint density at radius 1 is 0.964 bits per heavy atom. The molecule has 0 aliphatic heterocycles. The van der Waals surface area contributed by atoms with Crippen molar-refractivity contribution < 1.29 is 14.6 Å². The quantitative estimate of drug-likeness (QED) is 0.337. The second-order valence-electron chi connectivity index (χ2n) is 8.54. The Morgan fingerprint density at radius 2 is 1.57 bits per heavy atom. The number of esters is 1. The maximum atomic E-state index is 12.2. The summed E-state index contributed by atoms with van der Waals surface area (Å²) in [6.07, 6.45) is 13.5. The van der Waals surface area contributed by atoms with E-state index in [4.69, 9.17) is 4.74 Å². The van der Waals surface area contributed by atoms with E-state index in [9.17, 15) is 9.90 Å². The zero-order valence-electron chi connectivity index (χ0n) is 18.0. The molecule has 1 saturated carbocycles. The van der Waals surface area contributed by atoms with Gasteiger partial charge in [-0.3, -0.25) is 4.79 Å². The highest BCUT2D eigenvalue weighted by Crippen LogP contribution is 2.40. The van der Waals surface area contributed by atoms with Crippen molar-refractivity contribution in [2.75, 3.05) is 6.61 Å². The van der Waals surface area contributed by atoms with Gasteiger partial charge in [-0.1, -0.05) is 76.6 Å². The molecule has 0 radical (unpaired) electrons. The van der Waals surface area contributed by atoms with Crippen molar-refractivity contribution in [2.45, 2.75) is 103 Å². The van der Waals surface area contributed by atoms with Gasteiger partial charge in [0.15, 0.2) is 0 Å². The van der Waals surface area contributed by atoms with Crippen LogP contribution in [0.2, 0.25) is 0 Å².